The fourth-order valence-corrected chi connectivity index (χ4v) is 6.40. The summed E-state index contributed by atoms with van der Waals surface area (Å²) in [5.41, 5.74) is -0.238. The highest BCUT2D eigenvalue weighted by atomic mass is 35.5. The first kappa shape index (κ1) is 33.8. The summed E-state index contributed by atoms with van der Waals surface area (Å²) in [5, 5.41) is 14.4. The van der Waals surface area contributed by atoms with Gasteiger partial charge in [-0.25, -0.2) is 4.79 Å². The number of hydrogen-bond acceptors (Lipinski definition) is 8. The van der Waals surface area contributed by atoms with Crippen LogP contribution >= 0.6 is 23.4 Å². The number of aromatic nitrogens is 2. The Bertz CT molecular complexity index is 1690. The van der Waals surface area contributed by atoms with E-state index >= 15 is 0 Å². The van der Waals surface area contributed by atoms with Crippen molar-refractivity contribution in [3.05, 3.63) is 69.2 Å². The average molecular weight is 680 g/mol. The molecule has 0 aliphatic carbocycles. The fraction of sp³-hybridized carbons (Fsp3) is 0.419. The summed E-state index contributed by atoms with van der Waals surface area (Å²) in [5.74, 6) is -0.431. The van der Waals surface area contributed by atoms with Crippen molar-refractivity contribution in [3.63, 3.8) is 0 Å². The maximum Gasteiger partial charge on any atom is 0.416 e. The Hall–Kier alpha value is -3.59. The molecule has 5 rings (SSSR count). The van der Waals surface area contributed by atoms with E-state index in [9.17, 15) is 32.7 Å². The van der Waals surface area contributed by atoms with Crippen LogP contribution < -0.4 is 0 Å². The van der Waals surface area contributed by atoms with Crippen molar-refractivity contribution in [2.45, 2.75) is 45.1 Å². The number of amides is 3. The number of carbonyl (C=O) groups is 3. The van der Waals surface area contributed by atoms with Crippen molar-refractivity contribution < 1.29 is 37.4 Å². The summed E-state index contributed by atoms with van der Waals surface area (Å²) in [6, 6.07) is 8.32. The van der Waals surface area contributed by atoms with Gasteiger partial charge in [0, 0.05) is 43.1 Å². The Morgan fingerprint density at radius 2 is 1.89 bits per heavy atom. The van der Waals surface area contributed by atoms with Crippen LogP contribution in [0, 0.1) is 0 Å². The van der Waals surface area contributed by atoms with E-state index in [1.54, 1.807) is 45.0 Å². The summed E-state index contributed by atoms with van der Waals surface area (Å²) in [4.78, 5) is 43.4. The van der Waals surface area contributed by atoms with Crippen molar-refractivity contribution >= 4 is 57.6 Å². The first-order valence-corrected chi connectivity index (χ1v) is 15.7. The zero-order chi connectivity index (χ0) is 33.4. The predicted octanol–water partition coefficient (Wildman–Crippen LogP) is 5.71. The molecule has 0 unspecified atom stereocenters. The van der Waals surface area contributed by atoms with Gasteiger partial charge in [0.25, 0.3) is 11.1 Å². The van der Waals surface area contributed by atoms with Crippen LogP contribution in [0.2, 0.25) is 5.02 Å². The van der Waals surface area contributed by atoms with Gasteiger partial charge in [-0.3, -0.25) is 24.1 Å². The van der Waals surface area contributed by atoms with E-state index in [1.807, 2.05) is 4.90 Å². The lowest BCUT2D eigenvalue weighted by atomic mass is 10.1. The molecule has 10 nitrogen and oxygen atoms in total. The lowest BCUT2D eigenvalue weighted by molar-refractivity contribution is -0.138. The third-order valence-corrected chi connectivity index (χ3v) is 8.72. The first-order chi connectivity index (χ1) is 21.6. The van der Waals surface area contributed by atoms with Gasteiger partial charge in [0.2, 0.25) is 0 Å². The number of thioether (sulfide) groups is 1. The highest BCUT2D eigenvalue weighted by Gasteiger charge is 2.37. The molecule has 15 heteroatoms. The summed E-state index contributed by atoms with van der Waals surface area (Å²) >= 11 is 6.63. The molecule has 3 amide bonds. The average Bonchev–Trinajstić information content (AvgIpc) is 3.49. The van der Waals surface area contributed by atoms with Crippen LogP contribution in [0.3, 0.4) is 0 Å². The SMILES string of the molecule is CC(C)(C)OC(=O)N1CCN(CCN2C(=O)SC(=Cc3ccc4c(cnn4Cc4ccc(Cl)cc4C(F)(F)F)c3)C2=O)C[C@@H]1CO. The van der Waals surface area contributed by atoms with Crippen molar-refractivity contribution in [2.75, 3.05) is 39.3 Å². The minimum atomic E-state index is -4.57. The molecule has 1 atom stereocenters. The number of halogens is 4. The van der Waals surface area contributed by atoms with Crippen molar-refractivity contribution in [2.24, 2.45) is 0 Å². The van der Waals surface area contributed by atoms with Crippen LogP contribution in [-0.2, 0) is 22.3 Å². The van der Waals surface area contributed by atoms with Crippen molar-refractivity contribution in [3.8, 4) is 0 Å². The number of hydrogen-bond donors (Lipinski definition) is 1. The van der Waals surface area contributed by atoms with Crippen LogP contribution in [0.4, 0.5) is 22.8 Å². The number of alkyl halides is 3. The number of aliphatic hydroxyl groups is 1. The second-order valence-electron chi connectivity index (χ2n) is 12.1. The summed E-state index contributed by atoms with van der Waals surface area (Å²) in [6.07, 6.45) is -1.93. The van der Waals surface area contributed by atoms with Gasteiger partial charge in [-0.1, -0.05) is 23.7 Å². The van der Waals surface area contributed by atoms with E-state index in [0.29, 0.717) is 42.6 Å². The molecular weight excluding hydrogens is 647 g/mol. The first-order valence-electron chi connectivity index (χ1n) is 14.5. The van der Waals surface area contributed by atoms with Gasteiger partial charge in [-0.05, 0) is 74.0 Å². The number of ether oxygens (including phenoxy) is 1. The number of rotatable bonds is 7. The maximum absolute atomic E-state index is 13.6. The fourth-order valence-electron chi connectivity index (χ4n) is 5.36. The standard InChI is InChI=1S/C31H33ClF3N5O5S/c1-30(2,3)45-28(43)38-10-8-37(17-23(38)18-41)9-11-39-27(42)26(46-29(39)44)13-19-4-7-25-21(12-19)15-36-40(25)16-20-5-6-22(32)14-24(20)31(33,34)35/h4-7,12-15,23,41H,8-11,16-18H2,1-3H3/t23-/m1/s1. The van der Waals surface area contributed by atoms with E-state index in [1.165, 1.54) is 32.8 Å². The summed E-state index contributed by atoms with van der Waals surface area (Å²) in [7, 11) is 0. The number of piperazine rings is 1. The number of nitrogens with zero attached hydrogens (tertiary/aromatic N) is 5. The largest absolute Gasteiger partial charge is 0.444 e. The van der Waals surface area contributed by atoms with Crippen LogP contribution in [0.25, 0.3) is 17.0 Å². The Balaban J connectivity index is 1.23. The molecule has 3 aromatic rings. The zero-order valence-corrected chi connectivity index (χ0v) is 27.0. The zero-order valence-electron chi connectivity index (χ0n) is 25.4. The summed E-state index contributed by atoms with van der Waals surface area (Å²) < 4.78 is 47.7. The molecule has 1 aromatic heterocycles. The minimum Gasteiger partial charge on any atom is -0.444 e. The second kappa shape index (κ2) is 13.3. The summed E-state index contributed by atoms with van der Waals surface area (Å²) in [6.45, 7) is 6.66. The molecule has 246 valence electrons. The molecule has 3 heterocycles. The lowest BCUT2D eigenvalue weighted by Crippen LogP contribution is -2.58. The number of carbonyl (C=O) groups excluding carboxylic acids is 3. The van der Waals surface area contributed by atoms with Gasteiger partial charge >= 0.3 is 12.3 Å². The Kier molecular flexibility index (Phi) is 9.73. The van der Waals surface area contributed by atoms with Crippen molar-refractivity contribution in [1.29, 1.82) is 0 Å². The molecule has 0 saturated carbocycles. The van der Waals surface area contributed by atoms with Gasteiger partial charge in [0.15, 0.2) is 0 Å². The molecule has 0 spiro atoms. The molecule has 2 aliphatic rings. The third-order valence-electron chi connectivity index (χ3n) is 7.58. The topological polar surface area (TPSA) is 108 Å². The Labute approximate surface area is 272 Å². The number of benzene rings is 2. The number of aliphatic hydroxyl groups excluding tert-OH is 1. The van der Waals surface area contributed by atoms with Crippen molar-refractivity contribution in [1.82, 2.24) is 24.5 Å². The Morgan fingerprint density at radius 3 is 2.59 bits per heavy atom. The molecule has 1 N–H and O–H groups in total. The van der Waals surface area contributed by atoms with E-state index < -0.39 is 40.6 Å². The smallest absolute Gasteiger partial charge is 0.416 e. The van der Waals surface area contributed by atoms with Crippen LogP contribution in [-0.4, -0.2) is 97.8 Å². The monoisotopic (exact) mass is 679 g/mol. The van der Waals surface area contributed by atoms with Crippen LogP contribution in [0.1, 0.15) is 37.5 Å². The molecule has 2 saturated heterocycles. The third kappa shape index (κ3) is 7.68. The molecule has 2 fully saturated rings. The Morgan fingerprint density at radius 1 is 1.13 bits per heavy atom. The maximum atomic E-state index is 13.6. The van der Waals surface area contributed by atoms with E-state index in [0.717, 1.165) is 17.8 Å². The molecule has 0 bridgehead atoms. The van der Waals surface area contributed by atoms with Gasteiger partial charge in [-0.15, -0.1) is 0 Å². The van der Waals surface area contributed by atoms with E-state index in [2.05, 4.69) is 5.10 Å². The van der Waals surface area contributed by atoms with Crippen LogP contribution in [0.5, 0.6) is 0 Å². The van der Waals surface area contributed by atoms with Gasteiger partial charge in [0.05, 0.1) is 41.4 Å². The quantitative estimate of drug-likeness (QED) is 0.317. The second-order valence-corrected chi connectivity index (χ2v) is 13.5. The predicted molar refractivity (Wildman–Crippen MR) is 168 cm³/mol. The minimum absolute atomic E-state index is 0.0103. The van der Waals surface area contributed by atoms with Gasteiger partial charge < -0.3 is 14.7 Å². The molecule has 0 radical (unpaired) electrons. The van der Waals surface area contributed by atoms with Crippen LogP contribution in [0.15, 0.2) is 47.5 Å². The van der Waals surface area contributed by atoms with Gasteiger partial charge in [0.1, 0.15) is 5.60 Å². The van der Waals surface area contributed by atoms with E-state index in [-0.39, 0.29) is 35.2 Å². The highest BCUT2D eigenvalue weighted by molar-refractivity contribution is 8.18. The number of imide groups is 1. The molecular formula is C31H33ClF3N5O5S. The molecule has 46 heavy (non-hydrogen) atoms. The number of fused-ring (bicyclic) bond motifs is 1. The van der Waals surface area contributed by atoms with Gasteiger partial charge in [-0.2, -0.15) is 18.3 Å². The highest BCUT2D eigenvalue weighted by Crippen LogP contribution is 2.35. The molecule has 2 aromatic carbocycles. The normalized spacial score (nSPS) is 19.1. The lowest BCUT2D eigenvalue weighted by Gasteiger charge is -2.41. The molecule has 2 aliphatic heterocycles. The van der Waals surface area contributed by atoms with E-state index in [4.69, 9.17) is 16.3 Å².